The van der Waals surface area contributed by atoms with Crippen LogP contribution in [0.3, 0.4) is 0 Å². The third kappa shape index (κ3) is 3.43. The molecule has 0 unspecified atom stereocenters. The number of carbonyl (C=O) groups excluding carboxylic acids is 1. The largest absolute Gasteiger partial charge is 0.427 e. The lowest BCUT2D eigenvalue weighted by molar-refractivity contribution is -0.120. The summed E-state index contributed by atoms with van der Waals surface area (Å²) in [5.74, 6) is 0.356. The SMILES string of the molecule is C/C(=C\c1cccc(Cl)c1OC=O)c1ncc(Br)s1. The van der Waals surface area contributed by atoms with Crippen LogP contribution in [0.4, 0.5) is 0 Å². The predicted molar refractivity (Wildman–Crippen MR) is 81.5 cm³/mol. The highest BCUT2D eigenvalue weighted by molar-refractivity contribution is 9.11. The standard InChI is InChI=1S/C13H9BrClNO2S/c1-8(13-16-6-11(14)19-13)5-9-3-2-4-10(15)12(9)18-7-17/h2-7H,1H3/b8-5+. The van der Waals surface area contributed by atoms with Crippen LogP contribution in [-0.4, -0.2) is 11.5 Å². The molecule has 0 aliphatic carbocycles. The van der Waals surface area contributed by atoms with Gasteiger partial charge in [-0.05, 0) is 40.6 Å². The normalized spacial score (nSPS) is 11.4. The number of para-hydroxylation sites is 1. The van der Waals surface area contributed by atoms with Gasteiger partial charge in [-0.1, -0.05) is 23.7 Å². The molecule has 0 saturated carbocycles. The minimum absolute atomic E-state index is 0.356. The first-order chi connectivity index (χ1) is 9.11. The summed E-state index contributed by atoms with van der Waals surface area (Å²) in [7, 11) is 0. The summed E-state index contributed by atoms with van der Waals surface area (Å²) in [6.45, 7) is 2.31. The van der Waals surface area contributed by atoms with E-state index in [2.05, 4.69) is 20.9 Å². The van der Waals surface area contributed by atoms with Crippen molar-refractivity contribution >= 4 is 57.0 Å². The van der Waals surface area contributed by atoms with Crippen LogP contribution in [0.25, 0.3) is 11.6 Å². The molecule has 2 rings (SSSR count). The Hall–Kier alpha value is -1.17. The molecule has 1 aromatic carbocycles. The smallest absolute Gasteiger partial charge is 0.298 e. The molecule has 19 heavy (non-hydrogen) atoms. The van der Waals surface area contributed by atoms with Gasteiger partial charge in [0.15, 0.2) is 5.75 Å². The number of benzene rings is 1. The zero-order chi connectivity index (χ0) is 13.8. The Morgan fingerprint density at radius 2 is 2.32 bits per heavy atom. The summed E-state index contributed by atoms with van der Waals surface area (Å²) in [4.78, 5) is 14.8. The first-order valence-corrected chi connectivity index (χ1v) is 7.29. The van der Waals surface area contributed by atoms with Crippen molar-refractivity contribution in [2.24, 2.45) is 0 Å². The number of allylic oxidation sites excluding steroid dienone is 1. The van der Waals surface area contributed by atoms with Gasteiger partial charge in [-0.3, -0.25) is 4.79 Å². The van der Waals surface area contributed by atoms with Crippen molar-refractivity contribution in [1.29, 1.82) is 0 Å². The first kappa shape index (κ1) is 14.2. The monoisotopic (exact) mass is 357 g/mol. The van der Waals surface area contributed by atoms with Crippen LogP contribution in [-0.2, 0) is 4.79 Å². The molecule has 0 spiro atoms. The van der Waals surface area contributed by atoms with Crippen LogP contribution in [0.15, 0.2) is 28.2 Å². The van der Waals surface area contributed by atoms with Crippen LogP contribution < -0.4 is 4.74 Å². The molecule has 0 N–H and O–H groups in total. The molecule has 0 saturated heterocycles. The number of nitrogens with zero attached hydrogens (tertiary/aromatic N) is 1. The second-order valence-electron chi connectivity index (χ2n) is 3.67. The Morgan fingerprint density at radius 1 is 1.53 bits per heavy atom. The quantitative estimate of drug-likeness (QED) is 0.747. The van der Waals surface area contributed by atoms with Crippen LogP contribution in [0.1, 0.15) is 17.5 Å². The molecule has 0 aliphatic heterocycles. The number of halogens is 2. The molecular weight excluding hydrogens is 350 g/mol. The number of hydrogen-bond donors (Lipinski definition) is 0. The molecule has 1 heterocycles. The van der Waals surface area contributed by atoms with E-state index in [0.717, 1.165) is 19.9 Å². The van der Waals surface area contributed by atoms with Crippen molar-refractivity contribution in [2.45, 2.75) is 6.92 Å². The van der Waals surface area contributed by atoms with E-state index in [1.165, 1.54) is 11.3 Å². The highest BCUT2D eigenvalue weighted by atomic mass is 79.9. The highest BCUT2D eigenvalue weighted by Gasteiger charge is 2.08. The van der Waals surface area contributed by atoms with Gasteiger partial charge in [0.1, 0.15) is 5.01 Å². The summed E-state index contributed by atoms with van der Waals surface area (Å²) in [5.41, 5.74) is 1.71. The van der Waals surface area contributed by atoms with E-state index >= 15 is 0 Å². The lowest BCUT2D eigenvalue weighted by atomic mass is 10.1. The third-order valence-electron chi connectivity index (χ3n) is 2.35. The van der Waals surface area contributed by atoms with Crippen molar-refractivity contribution in [2.75, 3.05) is 0 Å². The van der Waals surface area contributed by atoms with E-state index in [4.69, 9.17) is 16.3 Å². The number of thiazole rings is 1. The second kappa shape index (κ2) is 6.32. The zero-order valence-electron chi connectivity index (χ0n) is 9.89. The number of aromatic nitrogens is 1. The third-order valence-corrected chi connectivity index (χ3v) is 4.26. The maximum absolute atomic E-state index is 10.5. The molecule has 0 aliphatic rings. The van der Waals surface area contributed by atoms with Crippen molar-refractivity contribution in [3.8, 4) is 5.75 Å². The molecule has 98 valence electrons. The van der Waals surface area contributed by atoms with Gasteiger partial charge in [0.25, 0.3) is 6.47 Å². The lowest BCUT2D eigenvalue weighted by Crippen LogP contribution is -1.92. The molecule has 0 bridgehead atoms. The number of hydrogen-bond acceptors (Lipinski definition) is 4. The highest BCUT2D eigenvalue weighted by Crippen LogP contribution is 2.32. The molecule has 0 fully saturated rings. The van der Waals surface area contributed by atoms with Gasteiger partial charge in [0.2, 0.25) is 0 Å². The molecule has 2 aromatic rings. The van der Waals surface area contributed by atoms with Crippen LogP contribution in [0.5, 0.6) is 5.75 Å². The minimum atomic E-state index is 0.356. The average molecular weight is 359 g/mol. The number of ether oxygens (including phenoxy) is 1. The summed E-state index contributed by atoms with van der Waals surface area (Å²) >= 11 is 10.9. The van der Waals surface area contributed by atoms with E-state index in [0.29, 0.717) is 17.2 Å². The average Bonchev–Trinajstić information content (AvgIpc) is 2.80. The van der Waals surface area contributed by atoms with E-state index in [1.54, 1.807) is 18.3 Å². The van der Waals surface area contributed by atoms with Gasteiger partial charge in [0.05, 0.1) is 15.0 Å². The Labute approximate surface area is 128 Å². The first-order valence-electron chi connectivity index (χ1n) is 5.30. The summed E-state index contributed by atoms with van der Waals surface area (Å²) < 4.78 is 5.89. The molecule has 0 radical (unpaired) electrons. The van der Waals surface area contributed by atoms with Crippen LogP contribution in [0, 0.1) is 0 Å². The fourth-order valence-corrected chi connectivity index (χ4v) is 2.95. The second-order valence-corrected chi connectivity index (χ2v) is 6.49. The van der Waals surface area contributed by atoms with Gasteiger partial charge < -0.3 is 4.74 Å². The Morgan fingerprint density at radius 3 is 2.95 bits per heavy atom. The van der Waals surface area contributed by atoms with Crippen molar-refractivity contribution in [1.82, 2.24) is 4.98 Å². The van der Waals surface area contributed by atoms with E-state index < -0.39 is 0 Å². The molecular formula is C13H9BrClNO2S. The number of carbonyl (C=O) groups is 1. The fraction of sp³-hybridized carbons (Fsp3) is 0.0769. The summed E-state index contributed by atoms with van der Waals surface area (Å²) in [6, 6.07) is 5.31. The Bertz CT molecular complexity index is 639. The van der Waals surface area contributed by atoms with Crippen molar-refractivity contribution in [3.63, 3.8) is 0 Å². The molecule has 1 aromatic heterocycles. The molecule has 0 atom stereocenters. The van der Waals surface area contributed by atoms with Crippen molar-refractivity contribution < 1.29 is 9.53 Å². The zero-order valence-corrected chi connectivity index (χ0v) is 13.1. The van der Waals surface area contributed by atoms with Crippen LogP contribution >= 0.6 is 38.9 Å². The summed E-state index contributed by atoms with van der Waals surface area (Å²) in [6.07, 6.45) is 3.63. The van der Waals surface area contributed by atoms with Gasteiger partial charge in [-0.25, -0.2) is 4.98 Å². The number of rotatable bonds is 4. The van der Waals surface area contributed by atoms with Gasteiger partial charge in [0, 0.05) is 5.56 Å². The van der Waals surface area contributed by atoms with Gasteiger partial charge in [-0.15, -0.1) is 11.3 Å². The predicted octanol–water partition coefficient (Wildman–Crippen LogP) is 4.65. The summed E-state index contributed by atoms with van der Waals surface area (Å²) in [5, 5.41) is 1.29. The molecule has 0 amide bonds. The van der Waals surface area contributed by atoms with Gasteiger partial charge in [-0.2, -0.15) is 0 Å². The van der Waals surface area contributed by atoms with E-state index in [9.17, 15) is 4.79 Å². The Kier molecular flexibility index (Phi) is 4.74. The maximum atomic E-state index is 10.5. The maximum Gasteiger partial charge on any atom is 0.298 e. The van der Waals surface area contributed by atoms with E-state index in [-0.39, 0.29) is 0 Å². The topological polar surface area (TPSA) is 39.2 Å². The van der Waals surface area contributed by atoms with Crippen LogP contribution in [0.2, 0.25) is 5.02 Å². The fourth-order valence-electron chi connectivity index (χ4n) is 1.54. The van der Waals surface area contributed by atoms with Gasteiger partial charge >= 0.3 is 0 Å². The van der Waals surface area contributed by atoms with Crippen molar-refractivity contribution in [3.05, 3.63) is 43.8 Å². The lowest BCUT2D eigenvalue weighted by Gasteiger charge is -2.06. The minimum Gasteiger partial charge on any atom is -0.427 e. The molecule has 3 nitrogen and oxygen atoms in total. The Balaban J connectivity index is 2.42. The molecule has 6 heteroatoms. The van der Waals surface area contributed by atoms with E-state index in [1.807, 2.05) is 19.1 Å².